The average molecular weight is 333 g/mol. The third-order valence-electron chi connectivity index (χ3n) is 3.95. The molecule has 2 aromatic rings. The Kier molecular flexibility index (Phi) is 4.55. The van der Waals surface area contributed by atoms with Crippen LogP contribution in [0.15, 0.2) is 36.4 Å². The van der Waals surface area contributed by atoms with Gasteiger partial charge in [0.15, 0.2) is 0 Å². The third-order valence-corrected chi connectivity index (χ3v) is 4.19. The quantitative estimate of drug-likeness (QED) is 0.874. The topological polar surface area (TPSA) is 55.8 Å². The highest BCUT2D eigenvalue weighted by atomic mass is 35.5. The van der Waals surface area contributed by atoms with Crippen LogP contribution < -0.4 is 4.74 Å². The number of aliphatic hydroxyl groups is 1. The van der Waals surface area contributed by atoms with Gasteiger partial charge in [0.25, 0.3) is 0 Å². The number of carbonyl (C=O) groups excluding carboxylic acids is 1. The van der Waals surface area contributed by atoms with E-state index in [9.17, 15) is 9.90 Å². The van der Waals surface area contributed by atoms with Crippen LogP contribution in [0.4, 0.5) is 0 Å². The summed E-state index contributed by atoms with van der Waals surface area (Å²) in [5.41, 5.74) is 2.62. The molecule has 0 saturated heterocycles. The monoisotopic (exact) mass is 332 g/mol. The Hall–Kier alpha value is -2.04. The lowest BCUT2D eigenvalue weighted by molar-refractivity contribution is 0.0599. The van der Waals surface area contributed by atoms with E-state index in [4.69, 9.17) is 21.1 Å². The summed E-state index contributed by atoms with van der Waals surface area (Å²) < 4.78 is 10.5. The predicted molar refractivity (Wildman–Crippen MR) is 87.1 cm³/mol. The molecule has 0 spiro atoms. The van der Waals surface area contributed by atoms with Gasteiger partial charge < -0.3 is 14.6 Å². The second kappa shape index (κ2) is 6.60. The normalized spacial score (nSPS) is 14.6. The summed E-state index contributed by atoms with van der Waals surface area (Å²) in [6, 6.07) is 10.4. The molecular weight excluding hydrogens is 316 g/mol. The van der Waals surface area contributed by atoms with Crippen molar-refractivity contribution in [3.05, 3.63) is 63.7 Å². The first-order valence-corrected chi connectivity index (χ1v) is 7.79. The Labute approximate surface area is 139 Å². The minimum absolute atomic E-state index is 0.365. The molecule has 1 unspecified atom stereocenters. The number of aliphatic hydroxyl groups excluding tert-OH is 1. The number of hydrogen-bond acceptors (Lipinski definition) is 4. The number of ether oxygens (including phenoxy) is 2. The summed E-state index contributed by atoms with van der Waals surface area (Å²) in [5, 5.41) is 11.3. The first kappa shape index (κ1) is 15.8. The first-order chi connectivity index (χ1) is 11.1. The fourth-order valence-electron chi connectivity index (χ4n) is 2.83. The number of rotatable bonds is 3. The number of methoxy groups -OCH3 is 1. The van der Waals surface area contributed by atoms with E-state index in [-0.39, 0.29) is 0 Å². The van der Waals surface area contributed by atoms with Crippen LogP contribution in [0.2, 0.25) is 5.02 Å². The van der Waals surface area contributed by atoms with Gasteiger partial charge in [0, 0.05) is 10.6 Å². The summed E-state index contributed by atoms with van der Waals surface area (Å²) in [6.07, 6.45) is 0.789. The second-order valence-electron chi connectivity index (χ2n) is 5.44. The van der Waals surface area contributed by atoms with Crippen molar-refractivity contribution >= 4 is 17.6 Å². The third kappa shape index (κ3) is 3.19. The fraction of sp³-hybridized carbons (Fsp3) is 0.278. The zero-order chi connectivity index (χ0) is 16.4. The SMILES string of the molecule is COC(=O)c1cc2c(c(C(O)c3cccc(Cl)c3)c1)CCCO2. The predicted octanol–water partition coefficient (Wildman–Crippen LogP) is 3.53. The van der Waals surface area contributed by atoms with Crippen molar-refractivity contribution in [2.24, 2.45) is 0 Å². The van der Waals surface area contributed by atoms with Gasteiger partial charge in [0.2, 0.25) is 0 Å². The van der Waals surface area contributed by atoms with Gasteiger partial charge in [-0.1, -0.05) is 23.7 Å². The fourth-order valence-corrected chi connectivity index (χ4v) is 3.03. The molecule has 0 bridgehead atoms. The minimum atomic E-state index is -0.881. The van der Waals surface area contributed by atoms with E-state index < -0.39 is 12.1 Å². The van der Waals surface area contributed by atoms with Gasteiger partial charge in [0.1, 0.15) is 11.9 Å². The molecule has 1 aliphatic rings. The molecule has 0 amide bonds. The highest BCUT2D eigenvalue weighted by molar-refractivity contribution is 6.30. The van der Waals surface area contributed by atoms with Crippen LogP contribution in [-0.4, -0.2) is 24.8 Å². The van der Waals surface area contributed by atoms with Crippen LogP contribution in [0.3, 0.4) is 0 Å². The lowest BCUT2D eigenvalue weighted by atomic mass is 9.91. The van der Waals surface area contributed by atoms with E-state index in [0.29, 0.717) is 34.1 Å². The van der Waals surface area contributed by atoms with E-state index in [0.717, 1.165) is 18.4 Å². The van der Waals surface area contributed by atoms with Crippen molar-refractivity contribution in [1.82, 2.24) is 0 Å². The summed E-state index contributed by atoms with van der Waals surface area (Å²) in [5.74, 6) is 0.178. The Bertz CT molecular complexity index is 742. The number of hydrogen-bond donors (Lipinski definition) is 1. The molecule has 1 N–H and O–H groups in total. The first-order valence-electron chi connectivity index (χ1n) is 7.41. The molecule has 0 aliphatic carbocycles. The Balaban J connectivity index is 2.10. The Morgan fingerprint density at radius 3 is 2.91 bits per heavy atom. The van der Waals surface area contributed by atoms with Gasteiger partial charge in [-0.15, -0.1) is 0 Å². The summed E-state index contributed by atoms with van der Waals surface area (Å²) >= 11 is 6.01. The van der Waals surface area contributed by atoms with Crippen LogP contribution >= 0.6 is 11.6 Å². The van der Waals surface area contributed by atoms with E-state index >= 15 is 0 Å². The van der Waals surface area contributed by atoms with Crippen LogP contribution in [-0.2, 0) is 11.2 Å². The second-order valence-corrected chi connectivity index (χ2v) is 5.88. The molecule has 3 rings (SSSR count). The summed E-state index contributed by atoms with van der Waals surface area (Å²) in [4.78, 5) is 11.9. The Morgan fingerprint density at radius 2 is 2.17 bits per heavy atom. The average Bonchev–Trinajstić information content (AvgIpc) is 2.59. The van der Waals surface area contributed by atoms with E-state index in [1.165, 1.54) is 7.11 Å². The van der Waals surface area contributed by atoms with Crippen molar-refractivity contribution in [3.8, 4) is 5.75 Å². The highest BCUT2D eigenvalue weighted by Gasteiger charge is 2.23. The number of benzene rings is 2. The number of fused-ring (bicyclic) bond motifs is 1. The maximum atomic E-state index is 11.9. The van der Waals surface area contributed by atoms with Crippen molar-refractivity contribution in [3.63, 3.8) is 0 Å². The molecule has 1 atom stereocenters. The molecule has 0 fully saturated rings. The molecule has 120 valence electrons. The minimum Gasteiger partial charge on any atom is -0.493 e. The summed E-state index contributed by atoms with van der Waals surface area (Å²) in [7, 11) is 1.33. The lowest BCUT2D eigenvalue weighted by Gasteiger charge is -2.24. The number of halogens is 1. The van der Waals surface area contributed by atoms with Crippen LogP contribution in [0.5, 0.6) is 5.75 Å². The maximum absolute atomic E-state index is 11.9. The van der Waals surface area contributed by atoms with Gasteiger partial charge in [0.05, 0.1) is 19.3 Å². The number of esters is 1. The molecule has 1 heterocycles. The molecule has 0 aromatic heterocycles. The molecule has 4 nitrogen and oxygen atoms in total. The zero-order valence-electron chi connectivity index (χ0n) is 12.7. The molecule has 1 aliphatic heterocycles. The van der Waals surface area contributed by atoms with Crippen molar-refractivity contribution in [2.45, 2.75) is 18.9 Å². The molecular formula is C18H17ClO4. The molecule has 5 heteroatoms. The van der Waals surface area contributed by atoms with Crippen LogP contribution in [0.25, 0.3) is 0 Å². The maximum Gasteiger partial charge on any atom is 0.337 e. The van der Waals surface area contributed by atoms with E-state index in [1.54, 1.807) is 36.4 Å². The van der Waals surface area contributed by atoms with Gasteiger partial charge in [-0.3, -0.25) is 0 Å². The van der Waals surface area contributed by atoms with Gasteiger partial charge in [-0.25, -0.2) is 4.79 Å². The number of carbonyl (C=O) groups is 1. The smallest absolute Gasteiger partial charge is 0.337 e. The molecule has 23 heavy (non-hydrogen) atoms. The van der Waals surface area contributed by atoms with Crippen molar-refractivity contribution < 1.29 is 19.4 Å². The van der Waals surface area contributed by atoms with Gasteiger partial charge in [-0.2, -0.15) is 0 Å². The molecule has 0 saturated carbocycles. The van der Waals surface area contributed by atoms with Crippen molar-refractivity contribution in [2.75, 3.05) is 13.7 Å². The van der Waals surface area contributed by atoms with Gasteiger partial charge in [-0.05, 0) is 48.2 Å². The highest BCUT2D eigenvalue weighted by Crippen LogP contribution is 2.36. The van der Waals surface area contributed by atoms with E-state index in [2.05, 4.69) is 0 Å². The molecule has 0 radical (unpaired) electrons. The zero-order valence-corrected chi connectivity index (χ0v) is 13.5. The van der Waals surface area contributed by atoms with Crippen molar-refractivity contribution in [1.29, 1.82) is 0 Å². The van der Waals surface area contributed by atoms with E-state index in [1.807, 2.05) is 0 Å². The lowest BCUT2D eigenvalue weighted by Crippen LogP contribution is -2.15. The standard InChI is InChI=1S/C18H17ClO4/c1-22-18(21)12-9-15(14-6-3-7-23-16(14)10-12)17(20)11-4-2-5-13(19)8-11/h2,4-5,8-10,17,20H,3,6-7H2,1H3. The molecule has 2 aromatic carbocycles. The van der Waals surface area contributed by atoms with Crippen LogP contribution in [0.1, 0.15) is 39.6 Å². The van der Waals surface area contributed by atoms with Crippen LogP contribution in [0, 0.1) is 0 Å². The summed E-state index contributed by atoms with van der Waals surface area (Å²) in [6.45, 7) is 0.602. The van der Waals surface area contributed by atoms with Gasteiger partial charge >= 0.3 is 5.97 Å². The largest absolute Gasteiger partial charge is 0.493 e. The Morgan fingerprint density at radius 1 is 1.35 bits per heavy atom.